The van der Waals surface area contributed by atoms with Gasteiger partial charge in [0.1, 0.15) is 11.7 Å². The van der Waals surface area contributed by atoms with E-state index in [2.05, 4.69) is 20.8 Å². The molecular formula is C10H14O2. The van der Waals surface area contributed by atoms with E-state index >= 15 is 0 Å². The van der Waals surface area contributed by atoms with Gasteiger partial charge < -0.3 is 4.74 Å². The molecule has 4 unspecified atom stereocenters. The Hall–Kier alpha value is -0.370. The molecule has 0 aromatic rings. The Morgan fingerprint density at radius 1 is 1.42 bits per heavy atom. The molecule has 4 fully saturated rings. The number of hydrogen-bond acceptors (Lipinski definition) is 2. The van der Waals surface area contributed by atoms with Crippen molar-refractivity contribution in [1.82, 2.24) is 0 Å². The third-order valence-corrected chi connectivity index (χ3v) is 4.40. The minimum absolute atomic E-state index is 0.0331. The summed E-state index contributed by atoms with van der Waals surface area (Å²) in [6.07, 6.45) is 1.04. The molecule has 12 heavy (non-hydrogen) atoms. The van der Waals surface area contributed by atoms with Crippen LogP contribution in [0.15, 0.2) is 0 Å². The van der Waals surface area contributed by atoms with E-state index in [1.807, 2.05) is 0 Å². The monoisotopic (exact) mass is 166 g/mol. The van der Waals surface area contributed by atoms with Crippen molar-refractivity contribution >= 4 is 5.78 Å². The second-order valence-corrected chi connectivity index (χ2v) is 5.25. The second kappa shape index (κ2) is 1.50. The van der Waals surface area contributed by atoms with Crippen LogP contribution >= 0.6 is 0 Å². The minimum Gasteiger partial charge on any atom is -0.358 e. The summed E-state index contributed by atoms with van der Waals surface area (Å²) in [6, 6.07) is 0. The summed E-state index contributed by atoms with van der Waals surface area (Å²) < 4.78 is 5.52. The van der Waals surface area contributed by atoms with Crippen LogP contribution in [0.25, 0.3) is 0 Å². The van der Waals surface area contributed by atoms with Gasteiger partial charge >= 0.3 is 0 Å². The Morgan fingerprint density at radius 2 is 2.08 bits per heavy atom. The number of Topliss-reactive ketones (excluding diaryl/α,β-unsaturated/α-hetero) is 1. The number of ketones is 1. The zero-order chi connectivity index (χ0) is 8.72. The maximum Gasteiger partial charge on any atom is 0.168 e. The smallest absolute Gasteiger partial charge is 0.168 e. The minimum atomic E-state index is -0.0741. The molecule has 1 aliphatic heterocycles. The zero-order valence-corrected chi connectivity index (χ0v) is 7.76. The molecule has 4 aliphatic rings. The Bertz CT molecular complexity index is 277. The van der Waals surface area contributed by atoms with Gasteiger partial charge in [0.2, 0.25) is 0 Å². The summed E-state index contributed by atoms with van der Waals surface area (Å²) in [7, 11) is 0. The first-order chi connectivity index (χ1) is 5.48. The van der Waals surface area contributed by atoms with E-state index in [-0.39, 0.29) is 17.1 Å². The summed E-state index contributed by atoms with van der Waals surface area (Å²) in [5, 5.41) is 0. The van der Waals surface area contributed by atoms with Gasteiger partial charge in [0.15, 0.2) is 5.78 Å². The van der Waals surface area contributed by atoms with Crippen LogP contribution in [0.5, 0.6) is 0 Å². The Labute approximate surface area is 72.3 Å². The predicted molar refractivity (Wildman–Crippen MR) is 43.7 cm³/mol. The van der Waals surface area contributed by atoms with Crippen LogP contribution in [0.2, 0.25) is 0 Å². The highest BCUT2D eigenvalue weighted by atomic mass is 16.6. The molecule has 1 heterocycles. The van der Waals surface area contributed by atoms with Crippen molar-refractivity contribution in [1.29, 1.82) is 0 Å². The maximum absolute atomic E-state index is 11.7. The van der Waals surface area contributed by atoms with E-state index in [9.17, 15) is 4.79 Å². The molecular weight excluding hydrogens is 152 g/mol. The molecule has 0 N–H and O–H groups in total. The molecule has 0 radical (unpaired) electrons. The highest BCUT2D eigenvalue weighted by Crippen LogP contribution is 2.68. The van der Waals surface area contributed by atoms with E-state index in [0.717, 1.165) is 6.42 Å². The number of hydrogen-bond donors (Lipinski definition) is 0. The quantitative estimate of drug-likeness (QED) is 0.509. The number of carbonyl (C=O) groups excluding carboxylic acids is 1. The maximum atomic E-state index is 11.7. The fourth-order valence-electron chi connectivity index (χ4n) is 3.39. The third-order valence-electron chi connectivity index (χ3n) is 4.40. The molecule has 2 heteroatoms. The van der Waals surface area contributed by atoms with Gasteiger partial charge in [-0.25, -0.2) is 0 Å². The predicted octanol–water partition coefficient (Wildman–Crippen LogP) is 1.39. The van der Waals surface area contributed by atoms with Gasteiger partial charge in [-0.2, -0.15) is 0 Å². The van der Waals surface area contributed by atoms with Crippen molar-refractivity contribution in [3.05, 3.63) is 0 Å². The van der Waals surface area contributed by atoms with Crippen LogP contribution in [0.1, 0.15) is 27.2 Å². The first kappa shape index (κ1) is 7.07. The van der Waals surface area contributed by atoms with Gasteiger partial charge in [0.05, 0.1) is 0 Å². The SMILES string of the molecule is CC1(C)C2CC1C1(C)OC1C2=O. The molecule has 2 nitrogen and oxygen atoms in total. The summed E-state index contributed by atoms with van der Waals surface area (Å²) in [5.41, 5.74) is 0.133. The Balaban J connectivity index is 2.06. The highest BCUT2D eigenvalue weighted by molar-refractivity contribution is 5.93. The van der Waals surface area contributed by atoms with Crippen LogP contribution in [0.3, 0.4) is 0 Å². The van der Waals surface area contributed by atoms with Crippen LogP contribution in [0, 0.1) is 17.3 Å². The number of epoxide rings is 1. The van der Waals surface area contributed by atoms with Gasteiger partial charge in [0.25, 0.3) is 0 Å². The van der Waals surface area contributed by atoms with Crippen LogP contribution in [0.4, 0.5) is 0 Å². The van der Waals surface area contributed by atoms with E-state index < -0.39 is 0 Å². The summed E-state index contributed by atoms with van der Waals surface area (Å²) in [6.45, 7) is 6.50. The molecule has 0 aromatic carbocycles. The van der Waals surface area contributed by atoms with E-state index in [1.165, 1.54) is 0 Å². The molecule has 66 valence electrons. The Morgan fingerprint density at radius 3 is 2.58 bits per heavy atom. The molecule has 4 atom stereocenters. The highest BCUT2D eigenvalue weighted by Gasteiger charge is 2.76. The normalized spacial score (nSPS) is 58.9. The second-order valence-electron chi connectivity index (χ2n) is 5.25. The van der Waals surface area contributed by atoms with Crippen molar-refractivity contribution in [3.63, 3.8) is 0 Å². The molecule has 3 saturated carbocycles. The molecule has 4 rings (SSSR count). The molecule has 0 spiro atoms. The van der Waals surface area contributed by atoms with Gasteiger partial charge in [-0.1, -0.05) is 13.8 Å². The van der Waals surface area contributed by atoms with Crippen LogP contribution in [-0.4, -0.2) is 17.5 Å². The number of rotatable bonds is 0. The largest absolute Gasteiger partial charge is 0.358 e. The lowest BCUT2D eigenvalue weighted by atomic mass is 9.45. The lowest BCUT2D eigenvalue weighted by Crippen LogP contribution is -2.60. The molecule has 0 amide bonds. The van der Waals surface area contributed by atoms with Gasteiger partial charge in [-0.15, -0.1) is 0 Å². The van der Waals surface area contributed by atoms with E-state index in [4.69, 9.17) is 4.74 Å². The third kappa shape index (κ3) is 0.481. The number of ether oxygens (including phenoxy) is 1. The molecule has 2 bridgehead atoms. The lowest BCUT2D eigenvalue weighted by Gasteiger charge is -2.56. The van der Waals surface area contributed by atoms with Gasteiger partial charge in [-0.05, 0) is 24.7 Å². The van der Waals surface area contributed by atoms with Crippen molar-refractivity contribution in [2.45, 2.75) is 38.9 Å². The van der Waals surface area contributed by atoms with Crippen LogP contribution in [-0.2, 0) is 9.53 Å². The number of carbonyl (C=O) groups is 1. The molecule has 0 aromatic heterocycles. The zero-order valence-electron chi connectivity index (χ0n) is 7.76. The molecule has 1 saturated heterocycles. The van der Waals surface area contributed by atoms with E-state index in [0.29, 0.717) is 17.6 Å². The summed E-state index contributed by atoms with van der Waals surface area (Å²) in [5.74, 6) is 1.28. The fraction of sp³-hybridized carbons (Fsp3) is 0.900. The average Bonchev–Trinajstić information content (AvgIpc) is 2.61. The van der Waals surface area contributed by atoms with Crippen molar-refractivity contribution < 1.29 is 9.53 Å². The van der Waals surface area contributed by atoms with E-state index in [1.54, 1.807) is 0 Å². The first-order valence-corrected chi connectivity index (χ1v) is 4.69. The standard InChI is InChI=1S/C10H14O2/c1-9(2)5-4-6(9)10(3)8(12-10)7(5)11/h5-6,8H,4H2,1-3H3. The average molecular weight is 166 g/mol. The van der Waals surface area contributed by atoms with Crippen molar-refractivity contribution in [3.8, 4) is 0 Å². The summed E-state index contributed by atoms with van der Waals surface area (Å²) >= 11 is 0. The topological polar surface area (TPSA) is 29.6 Å². The van der Waals surface area contributed by atoms with Gasteiger partial charge in [-0.3, -0.25) is 4.79 Å². The Kier molecular flexibility index (Phi) is 0.885. The van der Waals surface area contributed by atoms with Crippen molar-refractivity contribution in [2.75, 3.05) is 0 Å². The first-order valence-electron chi connectivity index (χ1n) is 4.69. The lowest BCUT2D eigenvalue weighted by molar-refractivity contribution is -0.147. The summed E-state index contributed by atoms with van der Waals surface area (Å²) in [4.78, 5) is 11.7. The van der Waals surface area contributed by atoms with Gasteiger partial charge in [0, 0.05) is 5.92 Å². The molecule has 3 aliphatic carbocycles. The van der Waals surface area contributed by atoms with Crippen molar-refractivity contribution in [2.24, 2.45) is 17.3 Å². The van der Waals surface area contributed by atoms with Crippen LogP contribution < -0.4 is 0 Å². The fourth-order valence-corrected chi connectivity index (χ4v) is 3.39.